The lowest BCUT2D eigenvalue weighted by molar-refractivity contribution is 0.0526. The Hall–Kier alpha value is -2.08. The number of aliphatic hydroxyl groups excluding tert-OH is 1. The molecule has 1 saturated carbocycles. The summed E-state index contributed by atoms with van der Waals surface area (Å²) in [4.78, 5) is 22.0. The Bertz CT molecular complexity index is 727. The van der Waals surface area contributed by atoms with E-state index >= 15 is 0 Å². The van der Waals surface area contributed by atoms with Crippen molar-refractivity contribution in [3.8, 4) is 0 Å². The summed E-state index contributed by atoms with van der Waals surface area (Å²) in [6, 6.07) is 2.10. The van der Waals surface area contributed by atoms with Crippen molar-refractivity contribution in [2.24, 2.45) is 5.92 Å². The predicted molar refractivity (Wildman–Crippen MR) is 93.3 cm³/mol. The van der Waals surface area contributed by atoms with Crippen LogP contribution in [-0.2, 0) is 4.74 Å². The van der Waals surface area contributed by atoms with Crippen LogP contribution in [0.3, 0.4) is 0 Å². The molecule has 0 bridgehead atoms. The van der Waals surface area contributed by atoms with Crippen molar-refractivity contribution < 1.29 is 14.6 Å². The number of carbonyl (C=O) groups is 1. The van der Waals surface area contributed by atoms with E-state index in [0.717, 1.165) is 29.6 Å². The molecule has 1 unspecified atom stereocenters. The van der Waals surface area contributed by atoms with Gasteiger partial charge in [0.15, 0.2) is 0 Å². The fourth-order valence-electron chi connectivity index (χ4n) is 3.71. The second-order valence-corrected chi connectivity index (χ2v) is 6.60. The maximum atomic E-state index is 12.4. The Labute approximate surface area is 141 Å². The van der Waals surface area contributed by atoms with Gasteiger partial charge in [-0.1, -0.05) is 6.92 Å². The number of rotatable bonds is 4. The van der Waals surface area contributed by atoms with E-state index in [0.29, 0.717) is 24.5 Å². The van der Waals surface area contributed by atoms with Crippen LogP contribution in [0.1, 0.15) is 43.5 Å². The summed E-state index contributed by atoms with van der Waals surface area (Å²) in [5.41, 5.74) is 2.04. The Morgan fingerprint density at radius 2 is 2.29 bits per heavy atom. The zero-order valence-corrected chi connectivity index (χ0v) is 14.5. The van der Waals surface area contributed by atoms with Crippen LogP contribution in [0.4, 0.5) is 5.69 Å². The van der Waals surface area contributed by atoms with Crippen LogP contribution in [0.5, 0.6) is 0 Å². The van der Waals surface area contributed by atoms with Gasteiger partial charge in [-0.05, 0) is 38.2 Å². The number of aromatic amines is 1. The Kier molecular flexibility index (Phi) is 4.76. The van der Waals surface area contributed by atoms with Gasteiger partial charge in [-0.25, -0.2) is 9.78 Å². The highest BCUT2D eigenvalue weighted by Crippen LogP contribution is 2.36. The van der Waals surface area contributed by atoms with Gasteiger partial charge in [0.05, 0.1) is 18.4 Å². The average molecular weight is 331 g/mol. The molecule has 3 atom stereocenters. The molecule has 0 aromatic carbocycles. The number of esters is 1. The van der Waals surface area contributed by atoms with Crippen LogP contribution in [-0.4, -0.2) is 46.8 Å². The van der Waals surface area contributed by atoms with Crippen LogP contribution < -0.4 is 4.90 Å². The summed E-state index contributed by atoms with van der Waals surface area (Å²) < 4.78 is 5.21. The molecule has 2 aromatic heterocycles. The Balaban J connectivity index is 2.06. The zero-order valence-electron chi connectivity index (χ0n) is 14.5. The molecule has 2 N–H and O–H groups in total. The second-order valence-electron chi connectivity index (χ2n) is 6.60. The Morgan fingerprint density at radius 3 is 3.04 bits per heavy atom. The second kappa shape index (κ2) is 6.81. The van der Waals surface area contributed by atoms with Gasteiger partial charge < -0.3 is 19.7 Å². The number of pyridine rings is 1. The third-order valence-electron chi connectivity index (χ3n) is 5.03. The van der Waals surface area contributed by atoms with Gasteiger partial charge >= 0.3 is 5.97 Å². The molecule has 0 aliphatic heterocycles. The molecular formula is C18H25N3O3. The van der Waals surface area contributed by atoms with Crippen molar-refractivity contribution in [1.82, 2.24) is 9.97 Å². The van der Waals surface area contributed by atoms with Crippen molar-refractivity contribution in [3.63, 3.8) is 0 Å². The lowest BCUT2D eigenvalue weighted by Crippen LogP contribution is -2.43. The SMILES string of the molecule is CCOC(=O)c1cnc2[nH]ccc2c1N(C)[C@@H]1CC(O)CC[C@H]1C. The molecule has 0 spiro atoms. The average Bonchev–Trinajstić information content (AvgIpc) is 3.04. The quantitative estimate of drug-likeness (QED) is 0.842. The molecule has 0 amide bonds. The van der Waals surface area contributed by atoms with Crippen molar-refractivity contribution in [2.45, 2.75) is 45.3 Å². The fraction of sp³-hybridized carbons (Fsp3) is 0.556. The van der Waals surface area contributed by atoms with E-state index in [-0.39, 0.29) is 18.1 Å². The Morgan fingerprint density at radius 1 is 1.50 bits per heavy atom. The van der Waals surface area contributed by atoms with Gasteiger partial charge in [-0.2, -0.15) is 0 Å². The van der Waals surface area contributed by atoms with E-state index in [9.17, 15) is 9.90 Å². The number of carbonyl (C=O) groups excluding carboxylic acids is 1. The van der Waals surface area contributed by atoms with E-state index in [1.807, 2.05) is 19.3 Å². The molecular weight excluding hydrogens is 306 g/mol. The summed E-state index contributed by atoms with van der Waals surface area (Å²) >= 11 is 0. The first-order valence-electron chi connectivity index (χ1n) is 8.57. The third-order valence-corrected chi connectivity index (χ3v) is 5.03. The molecule has 1 aliphatic rings. The van der Waals surface area contributed by atoms with Gasteiger partial charge in [0.1, 0.15) is 11.2 Å². The van der Waals surface area contributed by atoms with E-state index in [4.69, 9.17) is 4.74 Å². The van der Waals surface area contributed by atoms with Gasteiger partial charge in [0, 0.05) is 30.9 Å². The molecule has 6 nitrogen and oxygen atoms in total. The van der Waals surface area contributed by atoms with Crippen molar-refractivity contribution in [2.75, 3.05) is 18.6 Å². The standard InChI is InChI=1S/C18H25N3O3/c1-4-24-18(23)14-10-20-17-13(7-8-19-17)16(14)21(3)15-9-12(22)6-5-11(15)2/h7-8,10-12,15,22H,4-6,9H2,1-3H3,(H,19,20)/t11-,12?,15-/m1/s1. The smallest absolute Gasteiger partial charge is 0.341 e. The first-order chi connectivity index (χ1) is 11.5. The number of H-pyrrole nitrogens is 1. The number of nitrogens with one attached hydrogen (secondary N) is 1. The summed E-state index contributed by atoms with van der Waals surface area (Å²) in [7, 11) is 1.99. The highest BCUT2D eigenvalue weighted by atomic mass is 16.5. The number of hydrogen-bond acceptors (Lipinski definition) is 5. The normalized spacial score (nSPS) is 24.1. The fourth-order valence-corrected chi connectivity index (χ4v) is 3.71. The molecule has 2 heterocycles. The van der Waals surface area contributed by atoms with Crippen LogP contribution in [0, 0.1) is 5.92 Å². The molecule has 130 valence electrons. The van der Waals surface area contributed by atoms with Crippen molar-refractivity contribution in [3.05, 3.63) is 24.0 Å². The molecule has 3 rings (SSSR count). The molecule has 6 heteroatoms. The van der Waals surface area contributed by atoms with Crippen molar-refractivity contribution >= 4 is 22.7 Å². The maximum absolute atomic E-state index is 12.4. The minimum atomic E-state index is -0.362. The number of ether oxygens (including phenoxy) is 1. The minimum Gasteiger partial charge on any atom is -0.462 e. The first-order valence-corrected chi connectivity index (χ1v) is 8.57. The van der Waals surface area contributed by atoms with E-state index in [1.165, 1.54) is 0 Å². The van der Waals surface area contributed by atoms with Gasteiger partial charge in [-0.15, -0.1) is 0 Å². The maximum Gasteiger partial charge on any atom is 0.341 e. The van der Waals surface area contributed by atoms with E-state index < -0.39 is 0 Å². The topological polar surface area (TPSA) is 78.5 Å². The molecule has 2 aromatic rings. The molecule has 24 heavy (non-hydrogen) atoms. The molecule has 1 aliphatic carbocycles. The van der Waals surface area contributed by atoms with E-state index in [2.05, 4.69) is 21.8 Å². The van der Waals surface area contributed by atoms with Crippen molar-refractivity contribution in [1.29, 1.82) is 0 Å². The van der Waals surface area contributed by atoms with Crippen LogP contribution in [0.15, 0.2) is 18.5 Å². The van der Waals surface area contributed by atoms with Gasteiger partial charge in [0.25, 0.3) is 0 Å². The third kappa shape index (κ3) is 2.98. The van der Waals surface area contributed by atoms with Gasteiger partial charge in [0.2, 0.25) is 0 Å². The largest absolute Gasteiger partial charge is 0.462 e. The first kappa shape index (κ1) is 16.8. The lowest BCUT2D eigenvalue weighted by atomic mass is 9.83. The summed E-state index contributed by atoms with van der Waals surface area (Å²) in [6.07, 6.45) is 5.63. The molecule has 0 saturated heterocycles. The number of fused-ring (bicyclic) bond motifs is 1. The highest BCUT2D eigenvalue weighted by Gasteiger charge is 2.32. The predicted octanol–water partition coefficient (Wildman–Crippen LogP) is 2.73. The number of aromatic nitrogens is 2. The summed E-state index contributed by atoms with van der Waals surface area (Å²) in [5.74, 6) is 0.0783. The number of anilines is 1. The number of nitrogens with zero attached hydrogens (tertiary/aromatic N) is 2. The van der Waals surface area contributed by atoms with Crippen LogP contribution in [0.2, 0.25) is 0 Å². The number of hydrogen-bond donors (Lipinski definition) is 2. The monoisotopic (exact) mass is 331 g/mol. The summed E-state index contributed by atoms with van der Waals surface area (Å²) in [6.45, 7) is 4.32. The molecule has 1 fully saturated rings. The minimum absolute atomic E-state index is 0.169. The molecule has 0 radical (unpaired) electrons. The lowest BCUT2D eigenvalue weighted by Gasteiger charge is -2.40. The number of aliphatic hydroxyl groups is 1. The van der Waals surface area contributed by atoms with Crippen LogP contribution >= 0.6 is 0 Å². The summed E-state index contributed by atoms with van der Waals surface area (Å²) in [5, 5.41) is 11.0. The van der Waals surface area contributed by atoms with E-state index in [1.54, 1.807) is 13.1 Å². The zero-order chi connectivity index (χ0) is 17.3. The highest BCUT2D eigenvalue weighted by molar-refractivity contribution is 6.04. The van der Waals surface area contributed by atoms with Gasteiger partial charge in [-0.3, -0.25) is 0 Å². The van der Waals surface area contributed by atoms with Crippen LogP contribution in [0.25, 0.3) is 11.0 Å².